The fourth-order valence-corrected chi connectivity index (χ4v) is 0.939. The minimum Gasteiger partial charge on any atom is -0.386 e. The second-order valence-electron chi connectivity index (χ2n) is 2.12. The molecular formula is C6H7N3O. The average Bonchev–Trinajstić information content (AvgIpc) is 2.34. The van der Waals surface area contributed by atoms with Gasteiger partial charge in [-0.2, -0.15) is 0 Å². The van der Waals surface area contributed by atoms with Crippen LogP contribution in [0.2, 0.25) is 0 Å². The lowest BCUT2D eigenvalue weighted by Crippen LogP contribution is -2.09. The van der Waals surface area contributed by atoms with E-state index in [9.17, 15) is 0 Å². The zero-order chi connectivity index (χ0) is 6.97. The smallest absolute Gasteiger partial charge is 0.172 e. The summed E-state index contributed by atoms with van der Waals surface area (Å²) in [4.78, 5) is 0. The minimum atomic E-state index is 0.479. The van der Waals surface area contributed by atoms with Crippen LogP contribution in [-0.2, 0) is 6.54 Å². The largest absolute Gasteiger partial charge is 0.386 e. The summed E-state index contributed by atoms with van der Waals surface area (Å²) in [5.41, 5.74) is 6.43. The molecule has 10 heavy (non-hydrogen) atoms. The second kappa shape index (κ2) is 1.76. The van der Waals surface area contributed by atoms with E-state index in [1.165, 1.54) is 0 Å². The lowest BCUT2D eigenvalue weighted by atomic mass is 10.2. The van der Waals surface area contributed by atoms with Gasteiger partial charge >= 0.3 is 0 Å². The summed E-state index contributed by atoms with van der Waals surface area (Å²) in [6, 6.07) is 0. The molecule has 0 atom stereocenters. The summed E-state index contributed by atoms with van der Waals surface area (Å²) in [5, 5.41) is 6.62. The van der Waals surface area contributed by atoms with Crippen LogP contribution in [0.1, 0.15) is 11.3 Å². The van der Waals surface area contributed by atoms with Crippen molar-refractivity contribution >= 4 is 11.9 Å². The zero-order valence-electron chi connectivity index (χ0n) is 5.29. The number of fused-ring (bicyclic) bond motifs is 1. The van der Waals surface area contributed by atoms with Crippen LogP contribution in [0.5, 0.6) is 0 Å². The van der Waals surface area contributed by atoms with Crippen molar-refractivity contribution in [3.63, 3.8) is 0 Å². The minimum absolute atomic E-state index is 0.479. The monoisotopic (exact) mass is 137 g/mol. The first kappa shape index (κ1) is 5.34. The van der Waals surface area contributed by atoms with Crippen LogP contribution < -0.4 is 11.1 Å². The molecule has 0 unspecified atom stereocenters. The number of hydrogen-bond acceptors (Lipinski definition) is 4. The number of nitrogen functional groups attached to an aromatic ring is 1. The Balaban J connectivity index is 2.57. The molecule has 1 aliphatic heterocycles. The molecule has 0 saturated carbocycles. The van der Waals surface area contributed by atoms with Gasteiger partial charge in [0.25, 0.3) is 0 Å². The van der Waals surface area contributed by atoms with Gasteiger partial charge < -0.3 is 15.6 Å². The topological polar surface area (TPSA) is 64.1 Å². The zero-order valence-corrected chi connectivity index (χ0v) is 5.29. The molecule has 4 heteroatoms. The van der Waals surface area contributed by atoms with Crippen molar-refractivity contribution in [2.45, 2.75) is 6.54 Å². The van der Waals surface area contributed by atoms with E-state index in [4.69, 9.17) is 10.3 Å². The molecule has 0 fully saturated rings. The quantitative estimate of drug-likeness (QED) is 0.541. The van der Waals surface area contributed by atoms with Gasteiger partial charge in [0.1, 0.15) is 0 Å². The van der Waals surface area contributed by atoms with Crippen LogP contribution in [0, 0.1) is 0 Å². The van der Waals surface area contributed by atoms with E-state index in [-0.39, 0.29) is 0 Å². The molecule has 0 saturated heterocycles. The van der Waals surface area contributed by atoms with Crippen molar-refractivity contribution < 1.29 is 4.52 Å². The molecule has 3 N–H and O–H groups in total. The molecule has 2 heterocycles. The number of nitrogens with two attached hydrogens (primary N) is 1. The highest BCUT2D eigenvalue weighted by atomic mass is 16.5. The van der Waals surface area contributed by atoms with Crippen LogP contribution in [0.25, 0.3) is 6.08 Å². The van der Waals surface area contributed by atoms with Gasteiger partial charge in [0.2, 0.25) is 0 Å². The molecule has 1 aromatic rings. The predicted molar refractivity (Wildman–Crippen MR) is 36.8 cm³/mol. The average molecular weight is 137 g/mol. The summed E-state index contributed by atoms with van der Waals surface area (Å²) in [6.45, 7) is 0.709. The summed E-state index contributed by atoms with van der Waals surface area (Å²) in [6.07, 6.45) is 3.62. The number of rotatable bonds is 0. The molecule has 0 radical (unpaired) electrons. The SMILES string of the molecule is Nc1noc2c1CNC=C2. The lowest BCUT2D eigenvalue weighted by molar-refractivity contribution is 0.413. The van der Waals surface area contributed by atoms with Crippen molar-refractivity contribution in [3.05, 3.63) is 17.5 Å². The second-order valence-corrected chi connectivity index (χ2v) is 2.12. The van der Waals surface area contributed by atoms with Gasteiger partial charge in [-0.15, -0.1) is 0 Å². The Bertz CT molecular complexity index is 277. The molecule has 0 aromatic carbocycles. The van der Waals surface area contributed by atoms with E-state index in [1.807, 2.05) is 12.3 Å². The summed E-state index contributed by atoms with van der Waals surface area (Å²) >= 11 is 0. The molecule has 1 aromatic heterocycles. The molecule has 0 spiro atoms. The molecule has 2 rings (SSSR count). The maximum Gasteiger partial charge on any atom is 0.172 e. The maximum atomic E-state index is 5.48. The van der Waals surface area contributed by atoms with E-state index in [2.05, 4.69) is 10.5 Å². The van der Waals surface area contributed by atoms with E-state index in [0.717, 1.165) is 11.3 Å². The highest BCUT2D eigenvalue weighted by Crippen LogP contribution is 2.19. The number of nitrogens with zero attached hydrogens (tertiary/aromatic N) is 1. The van der Waals surface area contributed by atoms with Crippen molar-refractivity contribution in [3.8, 4) is 0 Å². The van der Waals surface area contributed by atoms with Crippen LogP contribution in [0.15, 0.2) is 10.7 Å². The Labute approximate surface area is 57.7 Å². The van der Waals surface area contributed by atoms with E-state index in [1.54, 1.807) is 0 Å². The fraction of sp³-hybridized carbons (Fsp3) is 0.167. The molecule has 0 bridgehead atoms. The maximum absolute atomic E-state index is 5.48. The summed E-state index contributed by atoms with van der Waals surface area (Å²) in [7, 11) is 0. The molecule has 4 nitrogen and oxygen atoms in total. The van der Waals surface area contributed by atoms with Gasteiger partial charge in [-0.1, -0.05) is 5.16 Å². The van der Waals surface area contributed by atoms with Crippen molar-refractivity contribution in [1.82, 2.24) is 10.5 Å². The third-order valence-electron chi connectivity index (χ3n) is 1.48. The Morgan fingerprint density at radius 3 is 3.40 bits per heavy atom. The predicted octanol–water partition coefficient (Wildman–Crippen LogP) is 0.331. The third-order valence-corrected chi connectivity index (χ3v) is 1.48. The van der Waals surface area contributed by atoms with Gasteiger partial charge in [-0.05, 0) is 6.08 Å². The number of nitrogens with one attached hydrogen (secondary N) is 1. The van der Waals surface area contributed by atoms with Gasteiger partial charge in [-0.3, -0.25) is 0 Å². The lowest BCUT2D eigenvalue weighted by Gasteiger charge is -2.03. The molecular weight excluding hydrogens is 130 g/mol. The van der Waals surface area contributed by atoms with Crippen molar-refractivity contribution in [1.29, 1.82) is 0 Å². The summed E-state index contributed by atoms with van der Waals surface area (Å²) in [5.74, 6) is 1.24. The Kier molecular flexibility index (Phi) is 0.943. The van der Waals surface area contributed by atoms with E-state index >= 15 is 0 Å². The first-order chi connectivity index (χ1) is 4.88. The third kappa shape index (κ3) is 0.586. The molecule has 0 amide bonds. The molecule has 1 aliphatic rings. The van der Waals surface area contributed by atoms with E-state index in [0.29, 0.717) is 12.4 Å². The Hall–Kier alpha value is -1.45. The Morgan fingerprint density at radius 1 is 1.70 bits per heavy atom. The van der Waals surface area contributed by atoms with Gasteiger partial charge in [0.15, 0.2) is 11.6 Å². The normalized spacial score (nSPS) is 14.4. The molecule has 0 aliphatic carbocycles. The fourth-order valence-electron chi connectivity index (χ4n) is 0.939. The summed E-state index contributed by atoms with van der Waals surface area (Å²) < 4.78 is 4.88. The van der Waals surface area contributed by atoms with E-state index < -0.39 is 0 Å². The number of aromatic nitrogens is 1. The highest BCUT2D eigenvalue weighted by Gasteiger charge is 2.12. The Morgan fingerprint density at radius 2 is 2.60 bits per heavy atom. The van der Waals surface area contributed by atoms with Crippen LogP contribution in [0.4, 0.5) is 5.82 Å². The van der Waals surface area contributed by atoms with Gasteiger partial charge in [-0.25, -0.2) is 0 Å². The van der Waals surface area contributed by atoms with Gasteiger partial charge in [0.05, 0.1) is 5.56 Å². The van der Waals surface area contributed by atoms with Crippen molar-refractivity contribution in [2.24, 2.45) is 0 Å². The highest BCUT2D eigenvalue weighted by molar-refractivity contribution is 5.56. The van der Waals surface area contributed by atoms with Crippen LogP contribution >= 0.6 is 0 Å². The number of hydrogen-bond donors (Lipinski definition) is 2. The first-order valence-electron chi connectivity index (χ1n) is 3.02. The van der Waals surface area contributed by atoms with Gasteiger partial charge in [0, 0.05) is 12.7 Å². The number of anilines is 1. The molecule has 52 valence electrons. The standard InChI is InChI=1S/C6H7N3O/c7-6-4-3-8-2-1-5(4)10-9-6/h1-2,8H,3H2,(H2,7,9). The van der Waals surface area contributed by atoms with Crippen LogP contribution in [-0.4, -0.2) is 5.16 Å². The van der Waals surface area contributed by atoms with Crippen LogP contribution in [0.3, 0.4) is 0 Å². The van der Waals surface area contributed by atoms with Crippen molar-refractivity contribution in [2.75, 3.05) is 5.73 Å². The first-order valence-corrected chi connectivity index (χ1v) is 3.02.